The van der Waals surface area contributed by atoms with Crippen LogP contribution in [0.5, 0.6) is 0 Å². The molecule has 1 heterocycles. The highest BCUT2D eigenvalue weighted by atomic mass is 32.2. The van der Waals surface area contributed by atoms with Crippen molar-refractivity contribution in [1.29, 1.82) is 0 Å². The van der Waals surface area contributed by atoms with E-state index in [0.717, 1.165) is 12.1 Å². The van der Waals surface area contributed by atoms with E-state index in [1.54, 1.807) is 0 Å². The molecule has 9 heteroatoms. The SMILES string of the molecule is Cc1nn(-c2ccc(C(F)(F)F)cc2)c(C)c1S(N)(=O)=O. The van der Waals surface area contributed by atoms with Gasteiger partial charge in [-0.2, -0.15) is 18.3 Å². The maximum Gasteiger partial charge on any atom is 0.416 e. The van der Waals surface area contributed by atoms with Crippen LogP contribution in [0.3, 0.4) is 0 Å². The van der Waals surface area contributed by atoms with Gasteiger partial charge in [0.1, 0.15) is 4.90 Å². The number of rotatable bonds is 2. The van der Waals surface area contributed by atoms with E-state index in [1.165, 1.54) is 30.7 Å². The molecule has 0 radical (unpaired) electrons. The molecule has 0 amide bonds. The van der Waals surface area contributed by atoms with Gasteiger partial charge in [0.25, 0.3) is 0 Å². The summed E-state index contributed by atoms with van der Waals surface area (Å²) in [7, 11) is -3.95. The lowest BCUT2D eigenvalue weighted by molar-refractivity contribution is -0.137. The molecule has 1 aromatic carbocycles. The molecule has 0 aliphatic heterocycles. The first-order valence-corrected chi connectivity index (χ1v) is 7.33. The molecule has 2 rings (SSSR count). The van der Waals surface area contributed by atoms with Gasteiger partial charge in [-0.1, -0.05) is 0 Å². The summed E-state index contributed by atoms with van der Waals surface area (Å²) < 4.78 is 61.7. The van der Waals surface area contributed by atoms with E-state index < -0.39 is 21.8 Å². The summed E-state index contributed by atoms with van der Waals surface area (Å²) in [5.41, 5.74) is -0.0393. The highest BCUT2D eigenvalue weighted by Crippen LogP contribution is 2.30. The first kappa shape index (κ1) is 15.5. The zero-order chi connectivity index (χ0) is 16.0. The van der Waals surface area contributed by atoms with Crippen LogP contribution in [-0.4, -0.2) is 18.2 Å². The fraction of sp³-hybridized carbons (Fsp3) is 0.250. The molecule has 0 saturated heterocycles. The van der Waals surface area contributed by atoms with Crippen LogP contribution in [0.15, 0.2) is 29.2 Å². The molecule has 0 unspecified atom stereocenters. The van der Waals surface area contributed by atoms with Crippen LogP contribution in [-0.2, 0) is 16.2 Å². The fourth-order valence-electron chi connectivity index (χ4n) is 2.08. The van der Waals surface area contributed by atoms with Crippen LogP contribution < -0.4 is 5.14 Å². The normalized spacial score (nSPS) is 12.7. The van der Waals surface area contributed by atoms with Crippen molar-refractivity contribution in [3.8, 4) is 5.69 Å². The van der Waals surface area contributed by atoms with Crippen molar-refractivity contribution in [3.63, 3.8) is 0 Å². The van der Waals surface area contributed by atoms with E-state index in [4.69, 9.17) is 5.14 Å². The second-order valence-corrected chi connectivity index (χ2v) is 6.00. The predicted octanol–water partition coefficient (Wildman–Crippen LogP) is 2.16. The molecule has 0 spiro atoms. The number of alkyl halides is 3. The van der Waals surface area contributed by atoms with E-state index >= 15 is 0 Å². The maximum absolute atomic E-state index is 12.5. The average Bonchev–Trinajstić information content (AvgIpc) is 2.63. The molecule has 0 aliphatic carbocycles. The number of sulfonamides is 1. The molecule has 2 N–H and O–H groups in total. The first-order chi connectivity index (χ1) is 9.51. The Labute approximate surface area is 119 Å². The minimum absolute atomic E-state index is 0.123. The van der Waals surface area contributed by atoms with Gasteiger partial charge in [0.2, 0.25) is 10.0 Å². The molecule has 21 heavy (non-hydrogen) atoms. The Balaban J connectivity index is 2.54. The van der Waals surface area contributed by atoms with Gasteiger partial charge in [-0.15, -0.1) is 0 Å². The lowest BCUT2D eigenvalue weighted by Crippen LogP contribution is -2.14. The Hall–Kier alpha value is -1.87. The average molecular weight is 319 g/mol. The lowest BCUT2D eigenvalue weighted by Gasteiger charge is -2.09. The molecule has 0 saturated carbocycles. The summed E-state index contributed by atoms with van der Waals surface area (Å²) in [4.78, 5) is -0.123. The number of hydrogen-bond donors (Lipinski definition) is 1. The highest BCUT2D eigenvalue weighted by Gasteiger charge is 2.30. The van der Waals surface area contributed by atoms with E-state index in [0.29, 0.717) is 5.69 Å². The molecule has 1 aromatic heterocycles. The van der Waals surface area contributed by atoms with Crippen molar-refractivity contribution in [1.82, 2.24) is 9.78 Å². The van der Waals surface area contributed by atoms with Crippen molar-refractivity contribution < 1.29 is 21.6 Å². The standard InChI is InChI=1S/C12H12F3N3O2S/c1-7-11(21(16,19)20)8(2)18(17-7)10-5-3-9(4-6-10)12(13,14)15/h3-6H,1-2H3,(H2,16,19,20). The van der Waals surface area contributed by atoms with Crippen molar-refractivity contribution in [2.75, 3.05) is 0 Å². The third kappa shape index (κ3) is 2.93. The van der Waals surface area contributed by atoms with Gasteiger partial charge in [-0.05, 0) is 38.1 Å². The van der Waals surface area contributed by atoms with Gasteiger partial charge in [-0.25, -0.2) is 18.2 Å². The Kier molecular flexibility index (Phi) is 3.58. The van der Waals surface area contributed by atoms with Crippen LogP contribution >= 0.6 is 0 Å². The van der Waals surface area contributed by atoms with Gasteiger partial charge in [-0.3, -0.25) is 0 Å². The molecule has 0 atom stereocenters. The summed E-state index contributed by atoms with van der Waals surface area (Å²) in [6.07, 6.45) is -4.43. The first-order valence-electron chi connectivity index (χ1n) is 5.78. The minimum atomic E-state index is -4.43. The molecule has 0 aliphatic rings. The maximum atomic E-state index is 12.5. The largest absolute Gasteiger partial charge is 0.416 e. The molecule has 5 nitrogen and oxygen atoms in total. The van der Waals surface area contributed by atoms with Gasteiger partial charge < -0.3 is 0 Å². The Morgan fingerprint density at radius 2 is 1.67 bits per heavy atom. The highest BCUT2D eigenvalue weighted by molar-refractivity contribution is 7.89. The van der Waals surface area contributed by atoms with Gasteiger partial charge in [0.05, 0.1) is 22.6 Å². The monoisotopic (exact) mass is 319 g/mol. The molecular weight excluding hydrogens is 307 g/mol. The third-order valence-electron chi connectivity index (χ3n) is 2.95. The van der Waals surface area contributed by atoms with Crippen LogP contribution in [0.4, 0.5) is 13.2 Å². The number of nitrogens with two attached hydrogens (primary N) is 1. The molecule has 0 bridgehead atoms. The van der Waals surface area contributed by atoms with Gasteiger partial charge >= 0.3 is 6.18 Å². The van der Waals surface area contributed by atoms with Crippen molar-refractivity contribution in [2.45, 2.75) is 24.9 Å². The zero-order valence-corrected chi connectivity index (χ0v) is 12.0. The number of benzene rings is 1. The number of hydrogen-bond acceptors (Lipinski definition) is 3. The topological polar surface area (TPSA) is 78.0 Å². The van der Waals surface area contributed by atoms with Crippen LogP contribution in [0.25, 0.3) is 5.69 Å². The zero-order valence-electron chi connectivity index (χ0n) is 11.1. The number of nitrogens with zero attached hydrogens (tertiary/aromatic N) is 2. The van der Waals surface area contributed by atoms with Crippen LogP contribution in [0.2, 0.25) is 0 Å². The van der Waals surface area contributed by atoms with Crippen molar-refractivity contribution in [2.24, 2.45) is 5.14 Å². The van der Waals surface area contributed by atoms with E-state index in [1.807, 2.05) is 0 Å². The molecular formula is C12H12F3N3O2S. The Morgan fingerprint density at radius 1 is 1.14 bits per heavy atom. The van der Waals surface area contributed by atoms with Crippen molar-refractivity contribution in [3.05, 3.63) is 41.2 Å². The summed E-state index contributed by atoms with van der Waals surface area (Å²) >= 11 is 0. The van der Waals surface area contributed by atoms with Gasteiger partial charge in [0, 0.05) is 0 Å². The second-order valence-electron chi connectivity index (χ2n) is 4.50. The quantitative estimate of drug-likeness (QED) is 0.921. The van der Waals surface area contributed by atoms with Crippen LogP contribution in [0.1, 0.15) is 17.0 Å². The van der Waals surface area contributed by atoms with Crippen molar-refractivity contribution >= 4 is 10.0 Å². The number of primary sulfonamides is 1. The second kappa shape index (κ2) is 4.85. The fourth-order valence-corrected chi connectivity index (χ4v) is 3.03. The lowest BCUT2D eigenvalue weighted by atomic mass is 10.2. The van der Waals surface area contributed by atoms with E-state index in [-0.39, 0.29) is 16.3 Å². The summed E-state index contributed by atoms with van der Waals surface area (Å²) in [6, 6.07) is 4.25. The number of aromatic nitrogens is 2. The summed E-state index contributed by atoms with van der Waals surface area (Å²) in [6.45, 7) is 2.95. The van der Waals surface area contributed by atoms with Gasteiger partial charge in [0.15, 0.2) is 0 Å². The minimum Gasteiger partial charge on any atom is -0.236 e. The smallest absolute Gasteiger partial charge is 0.236 e. The summed E-state index contributed by atoms with van der Waals surface area (Å²) in [5.74, 6) is 0. The predicted molar refractivity (Wildman–Crippen MR) is 69.4 cm³/mol. The number of aryl methyl sites for hydroxylation is 1. The van der Waals surface area contributed by atoms with E-state index in [2.05, 4.69) is 5.10 Å². The Bertz CT molecular complexity index is 777. The third-order valence-corrected chi connectivity index (χ3v) is 4.11. The molecule has 2 aromatic rings. The van der Waals surface area contributed by atoms with Crippen LogP contribution in [0, 0.1) is 13.8 Å². The van der Waals surface area contributed by atoms with E-state index in [9.17, 15) is 21.6 Å². The number of halogens is 3. The molecule has 114 valence electrons. The Morgan fingerprint density at radius 3 is 2.05 bits per heavy atom. The molecule has 0 fully saturated rings. The summed E-state index contributed by atoms with van der Waals surface area (Å²) in [5, 5.41) is 9.12.